The molecule has 2 aromatic rings. The maximum absolute atomic E-state index is 11.7. The number of thiophene rings is 1. The van der Waals surface area contributed by atoms with Crippen molar-refractivity contribution in [2.75, 3.05) is 12.0 Å². The number of fused-ring (bicyclic) bond motifs is 1. The van der Waals surface area contributed by atoms with E-state index in [-0.39, 0.29) is 11.6 Å². The molecule has 7 heteroatoms. The van der Waals surface area contributed by atoms with Gasteiger partial charge in [0.05, 0.1) is 12.1 Å². The lowest BCUT2D eigenvalue weighted by Crippen LogP contribution is -2.31. The summed E-state index contributed by atoms with van der Waals surface area (Å²) in [4.78, 5) is 18.8. The maximum atomic E-state index is 11.7. The highest BCUT2D eigenvalue weighted by Crippen LogP contribution is 2.13. The summed E-state index contributed by atoms with van der Waals surface area (Å²) in [7, 11) is -0.827. The lowest BCUT2D eigenvalue weighted by atomic mass is 10.4. The van der Waals surface area contributed by atoms with E-state index < -0.39 is 10.8 Å². The summed E-state index contributed by atoms with van der Waals surface area (Å²) in [5, 5.41) is 5.05. The summed E-state index contributed by atoms with van der Waals surface area (Å²) < 4.78 is 11.7. The predicted molar refractivity (Wildman–Crippen MR) is 75.5 cm³/mol. The minimum Gasteiger partial charge on any atom is -0.308 e. The third-order valence-electron chi connectivity index (χ3n) is 2.47. The van der Waals surface area contributed by atoms with E-state index in [1.807, 2.05) is 18.4 Å². The van der Waals surface area contributed by atoms with Crippen LogP contribution in [-0.2, 0) is 17.3 Å². The Labute approximate surface area is 111 Å². The van der Waals surface area contributed by atoms with Crippen LogP contribution in [0.3, 0.4) is 0 Å². The van der Waals surface area contributed by atoms with Crippen LogP contribution in [0.25, 0.3) is 10.2 Å². The predicted octanol–water partition coefficient (Wildman–Crippen LogP) is 0.841. The van der Waals surface area contributed by atoms with E-state index in [0.29, 0.717) is 22.8 Å². The zero-order chi connectivity index (χ0) is 13.1. The molecule has 0 aliphatic carbocycles. The Morgan fingerprint density at radius 1 is 1.61 bits per heavy atom. The first-order chi connectivity index (χ1) is 8.56. The van der Waals surface area contributed by atoms with Crippen molar-refractivity contribution in [3.63, 3.8) is 0 Å². The molecule has 18 heavy (non-hydrogen) atoms. The second kappa shape index (κ2) is 5.73. The van der Waals surface area contributed by atoms with Crippen molar-refractivity contribution in [3.05, 3.63) is 27.6 Å². The van der Waals surface area contributed by atoms with Gasteiger partial charge in [0.15, 0.2) is 0 Å². The minimum absolute atomic E-state index is 0.0986. The van der Waals surface area contributed by atoms with Crippen LogP contribution in [0.2, 0.25) is 0 Å². The molecule has 0 amide bonds. The Hall–Kier alpha value is -1.05. The smallest absolute Gasteiger partial charge is 0.268 e. The first-order valence-corrected chi connectivity index (χ1v) is 8.16. The minimum atomic E-state index is -0.827. The molecule has 2 rings (SSSR count). The van der Waals surface area contributed by atoms with Crippen LogP contribution in [0.15, 0.2) is 16.2 Å². The van der Waals surface area contributed by atoms with Crippen molar-refractivity contribution in [1.29, 1.82) is 0 Å². The van der Waals surface area contributed by atoms with E-state index in [0.717, 1.165) is 5.52 Å². The van der Waals surface area contributed by atoms with Crippen molar-refractivity contribution in [1.82, 2.24) is 15.3 Å². The third-order valence-corrected chi connectivity index (χ3v) is 4.34. The van der Waals surface area contributed by atoms with Gasteiger partial charge in [0.25, 0.3) is 5.56 Å². The van der Waals surface area contributed by atoms with Crippen molar-refractivity contribution in [2.45, 2.75) is 19.5 Å². The van der Waals surface area contributed by atoms with Gasteiger partial charge in [-0.1, -0.05) is 0 Å². The fraction of sp³-hybridized carbons (Fsp3) is 0.455. The van der Waals surface area contributed by atoms with Crippen LogP contribution in [0, 0.1) is 0 Å². The summed E-state index contributed by atoms with van der Waals surface area (Å²) in [6.07, 6.45) is 1.68. The SMILES string of the molecule is CC(CS(C)=O)NCc1nc2ccsc2c(=O)[nH]1. The Morgan fingerprint density at radius 3 is 3.11 bits per heavy atom. The molecule has 98 valence electrons. The van der Waals surface area contributed by atoms with Crippen molar-refractivity contribution >= 4 is 32.4 Å². The molecule has 2 unspecified atom stereocenters. The normalized spacial score (nSPS) is 14.8. The average molecular weight is 285 g/mol. The molecule has 0 fully saturated rings. The van der Waals surface area contributed by atoms with Crippen LogP contribution in [0.4, 0.5) is 0 Å². The standard InChI is InChI=1S/C11H15N3O2S2/c1-7(6-18(2)16)12-5-9-13-8-3-4-17-10(8)11(15)14-9/h3-4,7,12H,5-6H2,1-2H3,(H,13,14,15). The number of hydrogen-bond acceptors (Lipinski definition) is 5. The van der Waals surface area contributed by atoms with Gasteiger partial charge in [0, 0.05) is 28.9 Å². The summed E-state index contributed by atoms with van der Waals surface area (Å²) in [6, 6.07) is 1.96. The Morgan fingerprint density at radius 2 is 2.39 bits per heavy atom. The quantitative estimate of drug-likeness (QED) is 0.854. The number of H-pyrrole nitrogens is 1. The lowest BCUT2D eigenvalue weighted by molar-refractivity contribution is 0.572. The topological polar surface area (TPSA) is 74.8 Å². The number of hydrogen-bond donors (Lipinski definition) is 2. The largest absolute Gasteiger partial charge is 0.308 e. The molecule has 0 aromatic carbocycles. The second-order valence-electron chi connectivity index (χ2n) is 4.17. The van der Waals surface area contributed by atoms with Crippen molar-refractivity contribution in [3.8, 4) is 0 Å². The highest BCUT2D eigenvalue weighted by molar-refractivity contribution is 7.84. The molecule has 0 aliphatic heterocycles. The van der Waals surface area contributed by atoms with E-state index in [2.05, 4.69) is 15.3 Å². The molecule has 2 atom stereocenters. The Bertz CT molecular complexity index is 620. The van der Waals surface area contributed by atoms with E-state index in [4.69, 9.17) is 0 Å². The molecule has 0 saturated carbocycles. The van der Waals surface area contributed by atoms with E-state index in [1.165, 1.54) is 11.3 Å². The Kier molecular flexibility index (Phi) is 4.26. The monoisotopic (exact) mass is 285 g/mol. The summed E-state index contributed by atoms with van der Waals surface area (Å²) in [5.74, 6) is 1.20. The van der Waals surface area contributed by atoms with Crippen LogP contribution in [0.5, 0.6) is 0 Å². The highest BCUT2D eigenvalue weighted by atomic mass is 32.2. The van der Waals surface area contributed by atoms with Crippen LogP contribution >= 0.6 is 11.3 Å². The van der Waals surface area contributed by atoms with Gasteiger partial charge in [-0.3, -0.25) is 9.00 Å². The number of aromatic nitrogens is 2. The van der Waals surface area contributed by atoms with E-state index in [1.54, 1.807) is 6.26 Å². The molecule has 0 spiro atoms. The zero-order valence-corrected chi connectivity index (χ0v) is 11.9. The average Bonchev–Trinajstić information content (AvgIpc) is 2.74. The molecule has 0 aliphatic rings. The molecule has 5 nitrogen and oxygen atoms in total. The van der Waals surface area contributed by atoms with Crippen molar-refractivity contribution < 1.29 is 4.21 Å². The van der Waals surface area contributed by atoms with Gasteiger partial charge < -0.3 is 10.3 Å². The summed E-state index contributed by atoms with van der Waals surface area (Å²) >= 11 is 1.39. The third kappa shape index (κ3) is 3.24. The highest BCUT2D eigenvalue weighted by Gasteiger charge is 2.07. The summed E-state index contributed by atoms with van der Waals surface area (Å²) in [6.45, 7) is 2.43. The van der Waals surface area contributed by atoms with Gasteiger partial charge in [0.2, 0.25) is 0 Å². The van der Waals surface area contributed by atoms with Crippen LogP contribution < -0.4 is 10.9 Å². The molecular weight excluding hydrogens is 270 g/mol. The van der Waals surface area contributed by atoms with Gasteiger partial charge in [-0.25, -0.2) is 4.98 Å². The van der Waals surface area contributed by atoms with Gasteiger partial charge >= 0.3 is 0 Å². The maximum Gasteiger partial charge on any atom is 0.268 e. The molecule has 2 heterocycles. The molecular formula is C11H15N3O2S2. The van der Waals surface area contributed by atoms with E-state index >= 15 is 0 Å². The molecule has 0 bridgehead atoms. The van der Waals surface area contributed by atoms with Crippen molar-refractivity contribution in [2.24, 2.45) is 0 Å². The first kappa shape index (κ1) is 13.4. The number of rotatable bonds is 5. The van der Waals surface area contributed by atoms with Gasteiger partial charge in [0.1, 0.15) is 10.5 Å². The lowest BCUT2D eigenvalue weighted by Gasteiger charge is -2.11. The fourth-order valence-corrected chi connectivity index (χ4v) is 3.23. The number of nitrogens with one attached hydrogen (secondary N) is 2. The fourth-order valence-electron chi connectivity index (χ4n) is 1.69. The van der Waals surface area contributed by atoms with Crippen LogP contribution in [-0.4, -0.2) is 32.2 Å². The van der Waals surface area contributed by atoms with Gasteiger partial charge in [-0.2, -0.15) is 0 Å². The van der Waals surface area contributed by atoms with E-state index in [9.17, 15) is 9.00 Å². The van der Waals surface area contributed by atoms with Crippen LogP contribution in [0.1, 0.15) is 12.7 Å². The van der Waals surface area contributed by atoms with Gasteiger partial charge in [-0.05, 0) is 18.4 Å². The number of aromatic amines is 1. The summed E-state index contributed by atoms with van der Waals surface area (Å²) in [5.41, 5.74) is 0.630. The van der Waals surface area contributed by atoms with Gasteiger partial charge in [-0.15, -0.1) is 11.3 Å². The number of nitrogens with zero attached hydrogens (tertiary/aromatic N) is 1. The molecule has 2 aromatic heterocycles. The molecule has 0 saturated heterocycles. The molecule has 2 N–H and O–H groups in total. The first-order valence-electron chi connectivity index (χ1n) is 5.56. The second-order valence-corrected chi connectivity index (χ2v) is 6.57. The zero-order valence-electron chi connectivity index (χ0n) is 10.2. The molecule has 0 radical (unpaired) electrons. The Balaban J connectivity index is 2.08.